The molecule has 122 valence electrons. The summed E-state index contributed by atoms with van der Waals surface area (Å²) in [5.41, 5.74) is 2.32. The van der Waals surface area contributed by atoms with Gasteiger partial charge in [0.2, 0.25) is 0 Å². The number of likely N-dealkylation sites (tertiary alicyclic amines) is 1. The standard InChI is InChI=1S/C17H21ClN4O/c1-12-16(17(23)21-8-7-13(10-21)9-19-2)11-22(20-12)15-5-3-14(18)4-6-15/h3-6,11,13,19H,7-10H2,1-2H3. The van der Waals surface area contributed by atoms with Crippen LogP contribution in [0.5, 0.6) is 0 Å². The lowest BCUT2D eigenvalue weighted by atomic mass is 10.1. The Labute approximate surface area is 141 Å². The fraction of sp³-hybridized carbons (Fsp3) is 0.412. The van der Waals surface area contributed by atoms with Crippen LogP contribution in [0.1, 0.15) is 22.5 Å². The third-order valence-corrected chi connectivity index (χ3v) is 4.54. The number of benzene rings is 1. The van der Waals surface area contributed by atoms with Crippen LogP contribution in [-0.2, 0) is 0 Å². The average molecular weight is 333 g/mol. The highest BCUT2D eigenvalue weighted by molar-refractivity contribution is 6.30. The highest BCUT2D eigenvalue weighted by Crippen LogP contribution is 2.21. The summed E-state index contributed by atoms with van der Waals surface area (Å²) in [6, 6.07) is 7.42. The van der Waals surface area contributed by atoms with E-state index in [9.17, 15) is 4.79 Å². The molecule has 1 fully saturated rings. The first-order valence-electron chi connectivity index (χ1n) is 7.84. The third-order valence-electron chi connectivity index (χ3n) is 4.29. The average Bonchev–Trinajstić information content (AvgIpc) is 3.15. The molecular weight excluding hydrogens is 312 g/mol. The van der Waals surface area contributed by atoms with Crippen LogP contribution in [0.3, 0.4) is 0 Å². The Bertz CT molecular complexity index is 695. The zero-order valence-corrected chi connectivity index (χ0v) is 14.2. The molecule has 1 amide bonds. The van der Waals surface area contributed by atoms with Crippen molar-refractivity contribution in [1.82, 2.24) is 20.0 Å². The first-order chi connectivity index (χ1) is 11.1. The fourth-order valence-electron chi connectivity index (χ4n) is 3.04. The first kappa shape index (κ1) is 16.0. The van der Waals surface area contributed by atoms with Crippen LogP contribution in [0.15, 0.2) is 30.5 Å². The van der Waals surface area contributed by atoms with E-state index in [1.807, 2.05) is 49.3 Å². The summed E-state index contributed by atoms with van der Waals surface area (Å²) in [6.07, 6.45) is 2.86. The smallest absolute Gasteiger partial charge is 0.257 e. The molecule has 6 heteroatoms. The van der Waals surface area contributed by atoms with Crippen LogP contribution in [0.4, 0.5) is 0 Å². The Kier molecular flexibility index (Phi) is 4.68. The number of hydrogen-bond acceptors (Lipinski definition) is 3. The minimum absolute atomic E-state index is 0.0707. The quantitative estimate of drug-likeness (QED) is 0.936. The lowest BCUT2D eigenvalue weighted by molar-refractivity contribution is 0.0786. The number of nitrogens with zero attached hydrogens (tertiary/aromatic N) is 3. The van der Waals surface area contributed by atoms with E-state index in [4.69, 9.17) is 11.6 Å². The summed E-state index contributed by atoms with van der Waals surface area (Å²) in [6.45, 7) is 4.45. The van der Waals surface area contributed by atoms with Gasteiger partial charge in [0.25, 0.3) is 5.91 Å². The van der Waals surface area contributed by atoms with Crippen molar-refractivity contribution < 1.29 is 4.79 Å². The van der Waals surface area contributed by atoms with Gasteiger partial charge in [0.15, 0.2) is 0 Å². The Morgan fingerprint density at radius 3 is 2.83 bits per heavy atom. The number of halogens is 1. The van der Waals surface area contributed by atoms with Crippen LogP contribution in [0, 0.1) is 12.8 Å². The molecule has 2 heterocycles. The normalized spacial score (nSPS) is 17.7. The van der Waals surface area contributed by atoms with Crippen molar-refractivity contribution in [2.45, 2.75) is 13.3 Å². The molecule has 0 saturated carbocycles. The minimum Gasteiger partial charge on any atom is -0.338 e. The number of hydrogen-bond donors (Lipinski definition) is 1. The Morgan fingerprint density at radius 2 is 2.13 bits per heavy atom. The highest BCUT2D eigenvalue weighted by Gasteiger charge is 2.28. The van der Waals surface area contributed by atoms with Gasteiger partial charge in [-0.15, -0.1) is 0 Å². The molecule has 1 atom stereocenters. The van der Waals surface area contributed by atoms with Gasteiger partial charge in [-0.2, -0.15) is 5.10 Å². The fourth-order valence-corrected chi connectivity index (χ4v) is 3.16. The van der Waals surface area contributed by atoms with E-state index < -0.39 is 0 Å². The number of carbonyl (C=O) groups is 1. The van der Waals surface area contributed by atoms with E-state index in [2.05, 4.69) is 10.4 Å². The largest absolute Gasteiger partial charge is 0.338 e. The maximum absolute atomic E-state index is 12.7. The van der Waals surface area contributed by atoms with Gasteiger partial charge in [0, 0.05) is 24.3 Å². The van der Waals surface area contributed by atoms with Crippen molar-refractivity contribution >= 4 is 17.5 Å². The molecule has 0 aliphatic carbocycles. The van der Waals surface area contributed by atoms with Crippen molar-refractivity contribution in [3.63, 3.8) is 0 Å². The molecule has 1 unspecified atom stereocenters. The van der Waals surface area contributed by atoms with Crippen molar-refractivity contribution in [3.8, 4) is 5.69 Å². The Balaban J connectivity index is 1.78. The van der Waals surface area contributed by atoms with E-state index in [0.29, 0.717) is 16.5 Å². The molecular formula is C17H21ClN4O. The summed E-state index contributed by atoms with van der Waals surface area (Å²) in [7, 11) is 1.95. The molecule has 23 heavy (non-hydrogen) atoms. The lowest BCUT2D eigenvalue weighted by Crippen LogP contribution is -2.30. The van der Waals surface area contributed by atoms with Crippen molar-refractivity contribution in [2.75, 3.05) is 26.7 Å². The number of aryl methyl sites for hydroxylation is 1. The van der Waals surface area contributed by atoms with Crippen LogP contribution < -0.4 is 5.32 Å². The van der Waals surface area contributed by atoms with Crippen LogP contribution in [0.2, 0.25) is 5.02 Å². The van der Waals surface area contributed by atoms with Crippen LogP contribution >= 0.6 is 11.6 Å². The van der Waals surface area contributed by atoms with Gasteiger partial charge in [-0.1, -0.05) is 11.6 Å². The van der Waals surface area contributed by atoms with Crippen molar-refractivity contribution in [1.29, 1.82) is 0 Å². The number of amides is 1. The molecule has 2 aromatic rings. The van der Waals surface area contributed by atoms with E-state index in [1.54, 1.807) is 4.68 Å². The summed E-state index contributed by atoms with van der Waals surface area (Å²) < 4.78 is 1.74. The van der Waals surface area contributed by atoms with Gasteiger partial charge in [0.05, 0.1) is 16.9 Å². The summed E-state index contributed by atoms with van der Waals surface area (Å²) in [5.74, 6) is 0.608. The van der Waals surface area contributed by atoms with Gasteiger partial charge >= 0.3 is 0 Å². The van der Waals surface area contributed by atoms with E-state index in [1.165, 1.54) is 0 Å². The summed E-state index contributed by atoms with van der Waals surface area (Å²) >= 11 is 5.92. The van der Waals surface area contributed by atoms with Gasteiger partial charge < -0.3 is 10.2 Å². The molecule has 5 nitrogen and oxygen atoms in total. The molecule has 3 rings (SSSR count). The second-order valence-corrected chi connectivity index (χ2v) is 6.45. The van der Waals surface area contributed by atoms with Crippen LogP contribution in [0.25, 0.3) is 5.69 Å². The second-order valence-electron chi connectivity index (χ2n) is 6.01. The third kappa shape index (κ3) is 3.41. The van der Waals surface area contributed by atoms with E-state index in [-0.39, 0.29) is 5.91 Å². The number of nitrogens with one attached hydrogen (secondary N) is 1. The molecule has 1 saturated heterocycles. The highest BCUT2D eigenvalue weighted by atomic mass is 35.5. The van der Waals surface area contributed by atoms with Gasteiger partial charge in [0.1, 0.15) is 0 Å². The molecule has 1 aromatic heterocycles. The maximum Gasteiger partial charge on any atom is 0.257 e. The molecule has 1 aliphatic rings. The monoisotopic (exact) mass is 332 g/mol. The lowest BCUT2D eigenvalue weighted by Gasteiger charge is -2.16. The second kappa shape index (κ2) is 6.72. The molecule has 1 aromatic carbocycles. The Morgan fingerprint density at radius 1 is 1.39 bits per heavy atom. The van der Waals surface area contributed by atoms with Crippen molar-refractivity contribution in [2.24, 2.45) is 5.92 Å². The van der Waals surface area contributed by atoms with Gasteiger partial charge in [-0.25, -0.2) is 4.68 Å². The maximum atomic E-state index is 12.7. The van der Waals surface area contributed by atoms with Gasteiger partial charge in [-0.3, -0.25) is 4.79 Å². The SMILES string of the molecule is CNCC1CCN(C(=O)c2cn(-c3ccc(Cl)cc3)nc2C)C1. The number of carbonyl (C=O) groups excluding carboxylic acids is 1. The van der Waals surface area contributed by atoms with Gasteiger partial charge in [-0.05, 0) is 57.1 Å². The number of rotatable bonds is 4. The molecule has 1 N–H and O–H groups in total. The van der Waals surface area contributed by atoms with E-state index >= 15 is 0 Å². The van der Waals surface area contributed by atoms with Crippen LogP contribution in [-0.4, -0.2) is 47.3 Å². The first-order valence-corrected chi connectivity index (χ1v) is 8.22. The molecule has 1 aliphatic heterocycles. The van der Waals surface area contributed by atoms with E-state index in [0.717, 1.165) is 37.4 Å². The molecule has 0 radical (unpaired) electrons. The summed E-state index contributed by atoms with van der Waals surface area (Å²) in [4.78, 5) is 14.7. The molecule has 0 bridgehead atoms. The zero-order chi connectivity index (χ0) is 16.4. The molecule has 0 spiro atoms. The minimum atomic E-state index is 0.0707. The predicted molar refractivity (Wildman–Crippen MR) is 91.2 cm³/mol. The topological polar surface area (TPSA) is 50.2 Å². The predicted octanol–water partition coefficient (Wildman–Crippen LogP) is 2.52. The zero-order valence-electron chi connectivity index (χ0n) is 13.4. The number of aromatic nitrogens is 2. The Hall–Kier alpha value is -1.85. The van der Waals surface area contributed by atoms with Crippen molar-refractivity contribution in [3.05, 3.63) is 46.7 Å². The summed E-state index contributed by atoms with van der Waals surface area (Å²) in [5, 5.41) is 8.34.